The molecule has 0 saturated heterocycles. The summed E-state index contributed by atoms with van der Waals surface area (Å²) in [5, 5.41) is 2.44. The van der Waals surface area contributed by atoms with E-state index in [4.69, 9.17) is 4.74 Å². The van der Waals surface area contributed by atoms with E-state index in [0.29, 0.717) is 15.8 Å². The number of benzene rings is 2. The van der Waals surface area contributed by atoms with E-state index in [1.165, 1.54) is 37.4 Å². The Labute approximate surface area is 167 Å². The number of hydrogen-bond donors (Lipinski definition) is 1. The zero-order valence-electron chi connectivity index (χ0n) is 14.3. The molecule has 28 heavy (non-hydrogen) atoms. The average Bonchev–Trinajstić information content (AvgIpc) is 2.66. The van der Waals surface area contributed by atoms with Gasteiger partial charge in [0, 0.05) is 5.69 Å². The molecule has 0 aromatic heterocycles. The third kappa shape index (κ3) is 5.26. The van der Waals surface area contributed by atoms with Gasteiger partial charge >= 0.3 is 11.7 Å². The third-order valence-electron chi connectivity index (χ3n) is 3.41. The van der Waals surface area contributed by atoms with Gasteiger partial charge in [0.1, 0.15) is 5.75 Å². The molecule has 2 aromatic rings. The zero-order chi connectivity index (χ0) is 20.9. The molecule has 0 atom stereocenters. The Balaban J connectivity index is 1.97. The first-order valence-corrected chi connectivity index (χ1v) is 9.91. The molecule has 1 amide bonds. The van der Waals surface area contributed by atoms with Gasteiger partial charge < -0.3 is 14.8 Å². The molecule has 2 aromatic carbocycles. The van der Waals surface area contributed by atoms with Crippen LogP contribution in [0.5, 0.6) is 5.75 Å². The van der Waals surface area contributed by atoms with Crippen LogP contribution >= 0.6 is 15.9 Å². The summed E-state index contributed by atoms with van der Waals surface area (Å²) >= 11 is 3.22. The van der Waals surface area contributed by atoms with Crippen LogP contribution in [0.1, 0.15) is 10.4 Å². The summed E-state index contributed by atoms with van der Waals surface area (Å²) < 4.78 is 58.1. The molecule has 0 saturated carbocycles. The number of ether oxygens (including phenoxy) is 2. The number of amides is 1. The lowest BCUT2D eigenvalue weighted by molar-refractivity contribution is -0.118. The minimum absolute atomic E-state index is 0.210. The summed E-state index contributed by atoms with van der Waals surface area (Å²) in [4.78, 5) is 22.8. The molecule has 0 radical (unpaired) electrons. The predicted molar refractivity (Wildman–Crippen MR) is 99.2 cm³/mol. The normalized spacial score (nSPS) is 11.2. The van der Waals surface area contributed by atoms with E-state index in [0.717, 1.165) is 12.1 Å². The summed E-state index contributed by atoms with van der Waals surface area (Å²) in [5.74, 6) is -4.30. The first kappa shape index (κ1) is 21.8. The zero-order valence-corrected chi connectivity index (χ0v) is 16.7. The molecule has 0 aliphatic heterocycles. The van der Waals surface area contributed by atoms with E-state index in [9.17, 15) is 26.8 Å². The first-order valence-electron chi connectivity index (χ1n) is 7.57. The highest BCUT2D eigenvalue weighted by molar-refractivity contribution is 9.10. The molecular weight excluding hydrogens is 464 g/mol. The number of sulfone groups is 1. The summed E-state index contributed by atoms with van der Waals surface area (Å²) in [6.45, 7) is -0.382. The van der Waals surface area contributed by atoms with E-state index >= 15 is 0 Å². The molecule has 2 rings (SSSR count). The summed E-state index contributed by atoms with van der Waals surface area (Å²) in [7, 11) is -3.44. The van der Waals surface area contributed by atoms with Crippen LogP contribution in [0.15, 0.2) is 51.8 Å². The smallest absolute Gasteiger partial charge is 0.341 e. The van der Waals surface area contributed by atoms with Crippen molar-refractivity contribution < 1.29 is 36.3 Å². The van der Waals surface area contributed by atoms with Crippen molar-refractivity contribution in [2.45, 2.75) is 10.7 Å². The Bertz CT molecular complexity index is 980. The van der Waals surface area contributed by atoms with Crippen LogP contribution in [0.2, 0.25) is 0 Å². The molecule has 0 aliphatic carbocycles. The second-order valence-corrected chi connectivity index (χ2v) is 8.08. The van der Waals surface area contributed by atoms with Gasteiger partial charge in [-0.3, -0.25) is 4.79 Å². The highest BCUT2D eigenvalue weighted by Gasteiger charge is 2.26. The van der Waals surface area contributed by atoms with Crippen molar-refractivity contribution in [1.29, 1.82) is 0 Å². The van der Waals surface area contributed by atoms with Gasteiger partial charge in [-0.05, 0) is 58.4 Å². The molecular formula is C17H14BrF2NO6S. The number of nitrogens with one attached hydrogen (secondary N) is 1. The number of hydrogen-bond acceptors (Lipinski definition) is 6. The minimum atomic E-state index is -4.69. The second-order valence-electron chi connectivity index (χ2n) is 5.30. The molecule has 0 spiro atoms. The quantitative estimate of drug-likeness (QED) is 0.614. The Morgan fingerprint density at radius 1 is 1.14 bits per heavy atom. The molecule has 150 valence electrons. The lowest BCUT2D eigenvalue weighted by Crippen LogP contribution is -2.20. The van der Waals surface area contributed by atoms with Crippen molar-refractivity contribution in [3.05, 3.63) is 52.5 Å². The summed E-state index contributed by atoms with van der Waals surface area (Å²) in [5.41, 5.74) is 0.506. The van der Waals surface area contributed by atoms with Crippen molar-refractivity contribution in [3.63, 3.8) is 0 Å². The highest BCUT2D eigenvalue weighted by atomic mass is 79.9. The summed E-state index contributed by atoms with van der Waals surface area (Å²) in [6.07, 6.45) is 0. The van der Waals surface area contributed by atoms with Crippen LogP contribution in [0.3, 0.4) is 0 Å². The maximum absolute atomic E-state index is 12.5. The summed E-state index contributed by atoms with van der Waals surface area (Å²) in [6, 6.07) is 8.74. The molecule has 0 aliphatic rings. The van der Waals surface area contributed by atoms with E-state index < -0.39 is 32.4 Å². The van der Waals surface area contributed by atoms with E-state index in [2.05, 4.69) is 26.0 Å². The van der Waals surface area contributed by atoms with Crippen molar-refractivity contribution in [1.82, 2.24) is 0 Å². The number of carbonyl (C=O) groups excluding carboxylic acids is 2. The van der Waals surface area contributed by atoms with Crippen molar-refractivity contribution in [2.24, 2.45) is 0 Å². The fourth-order valence-electron chi connectivity index (χ4n) is 2.03. The average molecular weight is 478 g/mol. The fourth-order valence-corrected chi connectivity index (χ4v) is 3.25. The number of methoxy groups -OCH3 is 1. The Hall–Kier alpha value is -2.53. The Morgan fingerprint density at radius 3 is 2.32 bits per heavy atom. The minimum Gasteiger partial charge on any atom is -0.483 e. The molecule has 0 bridgehead atoms. The van der Waals surface area contributed by atoms with Crippen LogP contribution in [0, 0.1) is 0 Å². The molecule has 1 N–H and O–H groups in total. The van der Waals surface area contributed by atoms with E-state index in [1.807, 2.05) is 0 Å². The molecule has 7 nitrogen and oxygen atoms in total. The number of esters is 1. The monoisotopic (exact) mass is 477 g/mol. The Kier molecular flexibility index (Phi) is 7.08. The molecule has 0 fully saturated rings. The SMILES string of the molecule is COC(=O)c1ccc(OCC(=O)Nc2ccc(S(=O)(=O)C(F)F)cc2)c(Br)c1. The highest BCUT2D eigenvalue weighted by Crippen LogP contribution is 2.26. The van der Waals surface area contributed by atoms with Gasteiger partial charge in [0.15, 0.2) is 6.61 Å². The van der Waals surface area contributed by atoms with Crippen LogP contribution in [-0.2, 0) is 19.4 Å². The number of rotatable bonds is 7. The number of carbonyl (C=O) groups is 2. The van der Waals surface area contributed by atoms with Crippen LogP contribution < -0.4 is 10.1 Å². The van der Waals surface area contributed by atoms with Crippen molar-refractivity contribution >= 4 is 43.3 Å². The molecule has 0 unspecified atom stereocenters. The van der Waals surface area contributed by atoms with Gasteiger partial charge in [0.05, 0.1) is 22.0 Å². The van der Waals surface area contributed by atoms with Crippen LogP contribution in [0.4, 0.5) is 14.5 Å². The maximum atomic E-state index is 12.5. The van der Waals surface area contributed by atoms with Gasteiger partial charge in [-0.25, -0.2) is 13.2 Å². The van der Waals surface area contributed by atoms with E-state index in [-0.39, 0.29) is 12.3 Å². The molecule has 11 heteroatoms. The Morgan fingerprint density at radius 2 is 1.79 bits per heavy atom. The van der Waals surface area contributed by atoms with Crippen molar-refractivity contribution in [3.8, 4) is 5.75 Å². The first-order chi connectivity index (χ1) is 13.1. The largest absolute Gasteiger partial charge is 0.483 e. The van der Waals surface area contributed by atoms with Crippen LogP contribution in [0.25, 0.3) is 0 Å². The number of anilines is 1. The van der Waals surface area contributed by atoms with E-state index in [1.54, 1.807) is 0 Å². The standard InChI is InChI=1S/C17H14BrF2NO6S/c1-26-16(23)10-2-7-14(13(18)8-10)27-9-15(22)21-11-3-5-12(6-4-11)28(24,25)17(19)20/h2-8,17H,9H2,1H3,(H,21,22). The van der Waals surface area contributed by atoms with Gasteiger partial charge in [-0.2, -0.15) is 8.78 Å². The topological polar surface area (TPSA) is 98.8 Å². The molecule has 0 heterocycles. The number of halogens is 3. The van der Waals surface area contributed by atoms with Gasteiger partial charge in [0.25, 0.3) is 5.91 Å². The number of alkyl halides is 2. The third-order valence-corrected chi connectivity index (χ3v) is 5.43. The predicted octanol–water partition coefficient (Wildman–Crippen LogP) is 3.25. The van der Waals surface area contributed by atoms with Crippen molar-refractivity contribution in [2.75, 3.05) is 19.0 Å². The fraction of sp³-hybridized carbons (Fsp3) is 0.176. The maximum Gasteiger partial charge on any atom is 0.341 e. The van der Waals surface area contributed by atoms with Gasteiger partial charge in [-0.15, -0.1) is 0 Å². The lowest BCUT2D eigenvalue weighted by Gasteiger charge is -2.10. The van der Waals surface area contributed by atoms with Crippen LogP contribution in [-0.4, -0.2) is 39.8 Å². The van der Waals surface area contributed by atoms with Gasteiger partial charge in [-0.1, -0.05) is 0 Å². The van der Waals surface area contributed by atoms with Gasteiger partial charge in [0.2, 0.25) is 9.84 Å². The second kappa shape index (κ2) is 9.11. The lowest BCUT2D eigenvalue weighted by atomic mass is 10.2.